The van der Waals surface area contributed by atoms with E-state index < -0.39 is 24.9 Å². The molecule has 2 amide bonds. The second-order valence-corrected chi connectivity index (χ2v) is 21.6. The quantitative estimate of drug-likeness (QED) is 0.0361. The van der Waals surface area contributed by atoms with Crippen LogP contribution >= 0.6 is 7.14 Å². The Labute approximate surface area is 400 Å². The lowest BCUT2D eigenvalue weighted by atomic mass is 9.98. The topological polar surface area (TPSA) is 168 Å². The highest BCUT2D eigenvalue weighted by Gasteiger charge is 2.37. The molecule has 15 nitrogen and oxygen atoms in total. The zero-order valence-corrected chi connectivity index (χ0v) is 40.6. The Hall–Kier alpha value is -5.97. The second kappa shape index (κ2) is 21.3. The molecule has 3 aliphatic rings. The van der Waals surface area contributed by atoms with Gasteiger partial charge in [-0.25, -0.2) is 0 Å². The molecule has 19 heteroatoms. The lowest BCUT2D eigenvalue weighted by Crippen LogP contribution is -2.53. The fourth-order valence-electron chi connectivity index (χ4n) is 9.81. The molecule has 4 N–H and O–H groups in total. The number of piperazine rings is 1. The van der Waals surface area contributed by atoms with Gasteiger partial charge < -0.3 is 49.7 Å². The predicted molar refractivity (Wildman–Crippen MR) is 264 cm³/mol. The van der Waals surface area contributed by atoms with E-state index in [1.54, 1.807) is 63.0 Å². The summed E-state index contributed by atoms with van der Waals surface area (Å²) in [5, 5.41) is 10.0. The molecule has 0 bridgehead atoms. The number of carbonyl (C=O) groups is 3. The summed E-state index contributed by atoms with van der Waals surface area (Å²) < 4.78 is 64.1. The highest BCUT2D eigenvalue weighted by Crippen LogP contribution is 2.42. The van der Waals surface area contributed by atoms with Crippen molar-refractivity contribution in [1.82, 2.24) is 35.0 Å². The zero-order valence-electron chi connectivity index (χ0n) is 39.7. The van der Waals surface area contributed by atoms with Crippen LogP contribution in [0.3, 0.4) is 0 Å². The van der Waals surface area contributed by atoms with E-state index in [1.807, 2.05) is 25.1 Å². The van der Waals surface area contributed by atoms with Gasteiger partial charge in [-0.2, -0.15) is 23.1 Å². The van der Waals surface area contributed by atoms with E-state index in [-0.39, 0.29) is 42.8 Å². The van der Waals surface area contributed by atoms with Gasteiger partial charge in [0.25, 0.3) is 5.91 Å². The maximum atomic E-state index is 14.9. The van der Waals surface area contributed by atoms with Crippen LogP contribution in [0.2, 0.25) is 0 Å². The van der Waals surface area contributed by atoms with E-state index in [0.29, 0.717) is 77.0 Å². The molecule has 69 heavy (non-hydrogen) atoms. The van der Waals surface area contributed by atoms with E-state index >= 15 is 0 Å². The standard InChI is InChI=1S/C50H62F3N10O5P/c1-5-33-29-41(57-49-58-46-37(17-20-55-46)47(59-49)56-40-12-6-7-14-44(40)69(3,4)67)39(50(51,52)53)30-42(33)62-22-18-34(19-23-62)61-26-24-60(25-27-61)21-8-9-28-68-43-13-10-11-36-38(43)31-63(48(36)66)35(32-64)15-16-45(65)54-2/h6-7,10-14,17,20,29-30,32,34-35H,5,8-9,15-16,18-19,21-28,31H2,1-4H3,(H,54,65)(H3,55,56,57,58,59). The van der Waals surface area contributed by atoms with Crippen molar-refractivity contribution in [3.05, 3.63) is 89.1 Å². The normalized spacial score (nSPS) is 16.7. The van der Waals surface area contributed by atoms with Gasteiger partial charge in [-0.1, -0.05) is 25.1 Å². The number of nitrogens with one attached hydrogen (secondary N) is 4. The molecule has 3 aromatic carbocycles. The Morgan fingerprint density at radius 2 is 1.74 bits per heavy atom. The number of H-pyrrole nitrogens is 1. The molecule has 2 saturated heterocycles. The number of anilines is 5. The summed E-state index contributed by atoms with van der Waals surface area (Å²) in [6.45, 7) is 12.1. The van der Waals surface area contributed by atoms with Gasteiger partial charge in [0.2, 0.25) is 11.9 Å². The average molecular weight is 971 g/mol. The zero-order chi connectivity index (χ0) is 48.9. The molecular weight excluding hydrogens is 909 g/mol. The number of nitrogens with zero attached hydrogens (tertiary/aromatic N) is 6. The van der Waals surface area contributed by atoms with Crippen molar-refractivity contribution in [2.75, 3.05) is 88.3 Å². The molecule has 0 radical (unpaired) electrons. The Balaban J connectivity index is 0.829. The molecule has 8 rings (SSSR count). The van der Waals surface area contributed by atoms with Gasteiger partial charge in [0.05, 0.1) is 41.5 Å². The number of aryl methyl sites for hydroxylation is 1. The molecule has 0 saturated carbocycles. The monoisotopic (exact) mass is 970 g/mol. The van der Waals surface area contributed by atoms with E-state index in [9.17, 15) is 32.1 Å². The first-order chi connectivity index (χ1) is 33.1. The molecule has 1 atom stereocenters. The molecular formula is C50H62F3N10O5P. The second-order valence-electron chi connectivity index (χ2n) is 18.4. The first kappa shape index (κ1) is 49.5. The third kappa shape index (κ3) is 11.4. The fourth-order valence-corrected chi connectivity index (χ4v) is 11.0. The molecule has 2 fully saturated rings. The minimum Gasteiger partial charge on any atom is -0.493 e. The van der Waals surface area contributed by atoms with Gasteiger partial charge in [0.15, 0.2) is 0 Å². The van der Waals surface area contributed by atoms with Crippen molar-refractivity contribution < 1.29 is 36.9 Å². The van der Waals surface area contributed by atoms with E-state index in [0.717, 1.165) is 75.8 Å². The summed E-state index contributed by atoms with van der Waals surface area (Å²) in [7, 11) is -1.13. The van der Waals surface area contributed by atoms with Gasteiger partial charge in [-0.05, 0) is 106 Å². The third-order valence-corrected chi connectivity index (χ3v) is 15.2. The minimum absolute atomic E-state index is 0.0150. The van der Waals surface area contributed by atoms with Crippen LogP contribution in [0.5, 0.6) is 5.75 Å². The Morgan fingerprint density at radius 3 is 2.45 bits per heavy atom. The lowest BCUT2D eigenvalue weighted by molar-refractivity contribution is -0.137. The van der Waals surface area contributed by atoms with Crippen LogP contribution < -0.4 is 30.9 Å². The summed E-state index contributed by atoms with van der Waals surface area (Å²) in [5.41, 5.74) is 2.80. The summed E-state index contributed by atoms with van der Waals surface area (Å²) in [6.07, 6.45) is 2.21. The summed E-state index contributed by atoms with van der Waals surface area (Å²) in [5.74, 6) is 0.583. The van der Waals surface area contributed by atoms with E-state index in [2.05, 4.69) is 45.6 Å². The molecule has 3 aliphatic heterocycles. The van der Waals surface area contributed by atoms with Crippen LogP contribution in [-0.4, -0.2) is 133 Å². The predicted octanol–water partition coefficient (Wildman–Crippen LogP) is 7.77. The van der Waals surface area contributed by atoms with Crippen LogP contribution in [0.4, 0.5) is 42.0 Å². The minimum atomic E-state index is -4.65. The van der Waals surface area contributed by atoms with Crippen LogP contribution in [0.25, 0.3) is 11.0 Å². The van der Waals surface area contributed by atoms with E-state index in [1.165, 1.54) is 11.0 Å². The van der Waals surface area contributed by atoms with Gasteiger partial charge in [0, 0.05) is 87.1 Å². The number of benzene rings is 3. The highest BCUT2D eigenvalue weighted by molar-refractivity contribution is 7.70. The number of fused-ring (bicyclic) bond motifs is 2. The van der Waals surface area contributed by atoms with Crippen LogP contribution in [0, 0.1) is 0 Å². The third-order valence-electron chi connectivity index (χ3n) is 13.6. The molecule has 5 aromatic rings. The number of amides is 2. The van der Waals surface area contributed by atoms with Crippen molar-refractivity contribution in [3.8, 4) is 5.75 Å². The van der Waals surface area contributed by atoms with Gasteiger partial charge in [-0.15, -0.1) is 0 Å². The van der Waals surface area contributed by atoms with Crippen molar-refractivity contribution in [2.45, 2.75) is 76.7 Å². The number of aromatic amines is 1. The number of aldehydes is 1. The SMILES string of the molecule is CCc1cc(Nc2nc(Nc3ccccc3P(C)(C)=O)c3cc[nH]c3n2)c(C(F)(F)F)cc1N1CCC(N2CCN(CCCCOc3cccc4c3CN(C(C=O)CCC(=O)NC)C4=O)CC2)CC1. The number of aromatic nitrogens is 3. The number of hydrogen-bond donors (Lipinski definition) is 4. The van der Waals surface area contributed by atoms with Crippen LogP contribution in [0.1, 0.15) is 72.5 Å². The maximum Gasteiger partial charge on any atom is 0.418 e. The number of halogens is 3. The van der Waals surface area contributed by atoms with Crippen LogP contribution in [0.15, 0.2) is 66.9 Å². The van der Waals surface area contributed by atoms with Crippen molar-refractivity contribution >= 4 is 70.4 Å². The molecule has 0 spiro atoms. The Bertz CT molecular complexity index is 2690. The average Bonchev–Trinajstić information content (AvgIpc) is 3.96. The smallest absolute Gasteiger partial charge is 0.418 e. The molecule has 368 valence electrons. The molecule has 1 unspecified atom stereocenters. The molecule has 5 heterocycles. The fraction of sp³-hybridized carbons (Fsp3) is 0.460. The Kier molecular flexibility index (Phi) is 15.3. The van der Waals surface area contributed by atoms with E-state index in [4.69, 9.17) is 4.74 Å². The number of para-hydroxylation sites is 1. The number of piperidine rings is 1. The van der Waals surface area contributed by atoms with Gasteiger partial charge in [-0.3, -0.25) is 14.5 Å². The first-order valence-electron chi connectivity index (χ1n) is 23.9. The van der Waals surface area contributed by atoms with Gasteiger partial charge in [0.1, 0.15) is 30.6 Å². The number of ether oxygens (including phenoxy) is 1. The highest BCUT2D eigenvalue weighted by atomic mass is 31.2. The lowest BCUT2D eigenvalue weighted by Gasteiger charge is -2.43. The van der Waals surface area contributed by atoms with Crippen molar-refractivity contribution in [3.63, 3.8) is 0 Å². The Morgan fingerprint density at radius 1 is 0.971 bits per heavy atom. The molecule has 2 aromatic heterocycles. The number of carbonyl (C=O) groups excluding carboxylic acids is 3. The van der Waals surface area contributed by atoms with Crippen LogP contribution in [-0.2, 0) is 33.3 Å². The van der Waals surface area contributed by atoms with Gasteiger partial charge >= 0.3 is 6.18 Å². The molecule has 0 aliphatic carbocycles. The summed E-state index contributed by atoms with van der Waals surface area (Å²) in [4.78, 5) is 57.7. The summed E-state index contributed by atoms with van der Waals surface area (Å²) >= 11 is 0. The number of unbranched alkanes of at least 4 members (excludes halogenated alkanes) is 1. The number of hydrogen-bond acceptors (Lipinski definition) is 12. The van der Waals surface area contributed by atoms with Crippen molar-refractivity contribution in [1.29, 1.82) is 0 Å². The number of rotatable bonds is 19. The first-order valence-corrected chi connectivity index (χ1v) is 26.5. The summed E-state index contributed by atoms with van der Waals surface area (Å²) in [6, 6.07) is 16.9. The maximum absolute atomic E-state index is 14.9. The largest absolute Gasteiger partial charge is 0.493 e. The number of alkyl halides is 3. The van der Waals surface area contributed by atoms with Crippen molar-refractivity contribution in [2.24, 2.45) is 0 Å².